The number of alkyl halides is 3. The Morgan fingerprint density at radius 2 is 0.657 bits per heavy atom. The first kappa shape index (κ1) is 52.6. The van der Waals surface area contributed by atoms with Crippen molar-refractivity contribution in [3.63, 3.8) is 0 Å². The van der Waals surface area contributed by atoms with Gasteiger partial charge in [0, 0.05) is 11.1 Å². The van der Waals surface area contributed by atoms with E-state index in [9.17, 15) is 61.7 Å². The zero-order valence-corrected chi connectivity index (χ0v) is 35.0. The second-order valence-corrected chi connectivity index (χ2v) is 18.8. The summed E-state index contributed by atoms with van der Waals surface area (Å²) in [5, 5.41) is 0. The lowest BCUT2D eigenvalue weighted by Gasteiger charge is -2.44. The molecule has 0 saturated carbocycles. The molecule has 0 N–H and O–H groups in total. The third-order valence-corrected chi connectivity index (χ3v) is 12.6. The van der Waals surface area contributed by atoms with Crippen molar-refractivity contribution in [3.05, 3.63) is 182 Å². The van der Waals surface area contributed by atoms with Gasteiger partial charge in [-0.15, -0.1) is 21.9 Å². The SMILES string of the molecule is C[S+](=O)(CC(=O)c1ccc(C(Cl)(Cl)Cl)cc1)c1ccccc1.Fc1c(F)c(F)c([B-](c2c(F)c(F)c(F)c(F)c2F)(c2c(F)c(F)c(F)c(F)c2F)c2c(F)c(F)c(F)c(F)c2F)c(F)c1F. The largest absolute Gasteiger partial charge is 0.289 e. The average Bonchev–Trinajstić information content (AvgIpc) is 3.29. The molecular formula is C40H14BCl3F20O2S. The number of carbonyl (C=O) groups excluding carboxylic acids is 1. The summed E-state index contributed by atoms with van der Waals surface area (Å²) in [6.45, 7) is 0. The number of halogens is 23. The summed E-state index contributed by atoms with van der Waals surface area (Å²) in [4.78, 5) is 13.0. The molecule has 0 bridgehead atoms. The molecule has 0 saturated heterocycles. The number of benzene rings is 6. The lowest BCUT2D eigenvalue weighted by molar-refractivity contribution is 0.102. The second kappa shape index (κ2) is 19.0. The fourth-order valence-corrected chi connectivity index (χ4v) is 8.79. The molecule has 0 spiro atoms. The van der Waals surface area contributed by atoms with Crippen LogP contribution in [0, 0.1) is 116 Å². The number of carbonyl (C=O) groups is 1. The van der Waals surface area contributed by atoms with E-state index < -0.39 is 158 Å². The van der Waals surface area contributed by atoms with E-state index in [0.717, 1.165) is 0 Å². The van der Waals surface area contributed by atoms with Crippen LogP contribution in [0.25, 0.3) is 0 Å². The number of rotatable bonds is 8. The smallest absolute Gasteiger partial charge is 0.216 e. The summed E-state index contributed by atoms with van der Waals surface area (Å²) >= 11 is 17.3. The molecule has 1 atom stereocenters. The maximum absolute atomic E-state index is 15.4. The van der Waals surface area contributed by atoms with Crippen LogP contribution in [0.5, 0.6) is 0 Å². The van der Waals surface area contributed by atoms with Gasteiger partial charge in [-0.2, -0.15) is 0 Å². The standard InChI is InChI=1S/C24BF20.C16H14Cl3O2S/c26-5-1(6(27)14(35)21(42)13(5)34)25(2-7(28)15(36)22(43)16(37)8(2)29,3-9(30)17(38)23(44)18(39)10(3)31)4-11(32)19(40)24(45)20(41)12(4)33;1-22(21,14-5-3-2-4-6-14)11-15(20)12-7-9-13(10-8-12)16(17,18)19/h;2-10H,11H2,1H3/q-1;+1. The molecule has 27 heteroatoms. The number of hydrogen-bond donors (Lipinski definition) is 0. The van der Waals surface area contributed by atoms with Gasteiger partial charge in [0.25, 0.3) is 0 Å². The first-order valence-corrected chi connectivity index (χ1v) is 20.6. The fourth-order valence-electron chi connectivity index (χ4n) is 6.84. The van der Waals surface area contributed by atoms with E-state index >= 15 is 35.1 Å². The molecule has 1 unspecified atom stereocenters. The zero-order chi connectivity index (χ0) is 50.7. The Morgan fingerprint density at radius 3 is 0.896 bits per heavy atom. The molecule has 0 aromatic heterocycles. The van der Waals surface area contributed by atoms with Crippen LogP contribution < -0.4 is 21.9 Å². The molecule has 0 aliphatic heterocycles. The molecule has 0 aliphatic carbocycles. The van der Waals surface area contributed by atoms with E-state index in [4.69, 9.17) is 34.8 Å². The second-order valence-electron chi connectivity index (χ2n) is 13.8. The van der Waals surface area contributed by atoms with Crippen molar-refractivity contribution in [2.45, 2.75) is 8.69 Å². The third-order valence-electron chi connectivity index (χ3n) is 9.89. The van der Waals surface area contributed by atoms with Gasteiger partial charge in [-0.1, -0.05) is 81.5 Å². The van der Waals surface area contributed by atoms with E-state index in [0.29, 0.717) is 16.0 Å². The van der Waals surface area contributed by atoms with Gasteiger partial charge in [-0.25, -0.2) is 87.8 Å². The van der Waals surface area contributed by atoms with Crippen LogP contribution in [0.2, 0.25) is 0 Å². The molecule has 67 heavy (non-hydrogen) atoms. The number of Topliss-reactive ketones (excluding diaryl/α,β-unsaturated/α-hetero) is 1. The van der Waals surface area contributed by atoms with Gasteiger partial charge >= 0.3 is 0 Å². The van der Waals surface area contributed by atoms with Crippen molar-refractivity contribution in [2.24, 2.45) is 0 Å². The summed E-state index contributed by atoms with van der Waals surface area (Å²) in [6.07, 6.45) is -5.62. The van der Waals surface area contributed by atoms with Crippen LogP contribution >= 0.6 is 34.8 Å². The molecule has 6 aromatic carbocycles. The highest BCUT2D eigenvalue weighted by Crippen LogP contribution is 2.38. The van der Waals surface area contributed by atoms with Crippen molar-refractivity contribution >= 4 is 78.5 Å². The normalized spacial score (nSPS) is 12.8. The molecule has 0 amide bonds. The minimum absolute atomic E-state index is 0.0515. The van der Waals surface area contributed by atoms with E-state index in [1.54, 1.807) is 54.8 Å². The van der Waals surface area contributed by atoms with Crippen LogP contribution in [0.4, 0.5) is 87.8 Å². The van der Waals surface area contributed by atoms with E-state index in [1.165, 1.54) is 0 Å². The quantitative estimate of drug-likeness (QED) is 0.0290. The highest BCUT2D eigenvalue weighted by atomic mass is 35.6. The minimum atomic E-state index is -7.22. The Hall–Kier alpha value is -5.33. The van der Waals surface area contributed by atoms with Crippen LogP contribution in [0.1, 0.15) is 15.9 Å². The Bertz CT molecular complexity index is 2660. The predicted molar refractivity (Wildman–Crippen MR) is 203 cm³/mol. The highest BCUT2D eigenvalue weighted by molar-refractivity contribution is 8.03. The zero-order valence-electron chi connectivity index (χ0n) is 31.9. The summed E-state index contributed by atoms with van der Waals surface area (Å²) in [6, 6.07) is 15.3. The third kappa shape index (κ3) is 8.85. The van der Waals surface area contributed by atoms with Gasteiger partial charge in [0.05, 0.1) is 0 Å². The van der Waals surface area contributed by atoms with Crippen molar-refractivity contribution in [3.8, 4) is 0 Å². The van der Waals surface area contributed by atoms with Crippen LogP contribution in [0.3, 0.4) is 0 Å². The molecule has 0 aliphatic rings. The molecule has 0 radical (unpaired) electrons. The first-order valence-electron chi connectivity index (χ1n) is 17.4. The van der Waals surface area contributed by atoms with E-state index in [-0.39, 0.29) is 11.5 Å². The van der Waals surface area contributed by atoms with Crippen molar-refractivity contribution in [1.29, 1.82) is 0 Å². The molecule has 6 aromatic rings. The Balaban J connectivity index is 0.000000319. The average molecular weight is 1060 g/mol. The fraction of sp³-hybridized carbons (Fsp3) is 0.0750. The van der Waals surface area contributed by atoms with Gasteiger partial charge in [0.1, 0.15) is 68.9 Å². The van der Waals surface area contributed by atoms with Gasteiger partial charge in [0.2, 0.25) is 9.58 Å². The Morgan fingerprint density at radius 1 is 0.418 bits per heavy atom. The summed E-state index contributed by atoms with van der Waals surface area (Å²) in [5.41, 5.74) is -13.4. The molecule has 6 rings (SSSR count). The van der Waals surface area contributed by atoms with Gasteiger partial charge in [-0.3, -0.25) is 4.79 Å². The van der Waals surface area contributed by atoms with E-state index in [1.807, 2.05) is 6.07 Å². The number of hydrogen-bond acceptors (Lipinski definition) is 2. The van der Waals surface area contributed by atoms with Gasteiger partial charge < -0.3 is 0 Å². The van der Waals surface area contributed by atoms with Crippen molar-refractivity contribution < 1.29 is 96.8 Å². The first-order chi connectivity index (χ1) is 30.9. The van der Waals surface area contributed by atoms with Crippen LogP contribution in [-0.2, 0) is 17.9 Å². The Kier molecular flexibility index (Phi) is 14.9. The minimum Gasteiger partial charge on any atom is -0.289 e. The molecule has 2 nitrogen and oxygen atoms in total. The van der Waals surface area contributed by atoms with Crippen molar-refractivity contribution in [1.82, 2.24) is 0 Å². The van der Waals surface area contributed by atoms with Crippen LogP contribution in [-0.4, -0.2) is 23.9 Å². The lowest BCUT2D eigenvalue weighted by Crippen LogP contribution is -2.81. The molecule has 356 valence electrons. The van der Waals surface area contributed by atoms with Gasteiger partial charge in [-0.05, 0) is 12.1 Å². The lowest BCUT2D eigenvalue weighted by atomic mass is 9.12. The molecule has 0 heterocycles. The molecular weight excluding hydrogens is 1040 g/mol. The summed E-state index contributed by atoms with van der Waals surface area (Å²) in [7, 11) is -2.42. The molecule has 0 fully saturated rings. The Labute approximate surface area is 377 Å². The monoisotopic (exact) mass is 1050 g/mol. The predicted octanol–water partition coefficient (Wildman–Crippen LogP) is 10.7. The number of ketones is 1. The summed E-state index contributed by atoms with van der Waals surface area (Å²) < 4.78 is 305. The maximum atomic E-state index is 15.4. The van der Waals surface area contributed by atoms with Crippen molar-refractivity contribution in [2.75, 3.05) is 12.0 Å². The van der Waals surface area contributed by atoms with Gasteiger partial charge in [0.15, 0.2) is 80.5 Å². The maximum Gasteiger partial charge on any atom is 0.216 e. The topological polar surface area (TPSA) is 34.1 Å². The van der Waals surface area contributed by atoms with Crippen LogP contribution in [0.15, 0.2) is 59.5 Å². The summed E-state index contributed by atoms with van der Waals surface area (Å²) in [5.74, 6) is -71.7. The highest BCUT2D eigenvalue weighted by Gasteiger charge is 2.52. The van der Waals surface area contributed by atoms with E-state index in [2.05, 4.69) is 0 Å².